The molecule has 7 heteroatoms. The highest BCUT2D eigenvalue weighted by atomic mass is 19.3. The van der Waals surface area contributed by atoms with Crippen molar-refractivity contribution in [1.29, 1.82) is 0 Å². The molecule has 0 aromatic rings. The number of hydrogen-bond acceptors (Lipinski definition) is 1. The van der Waals surface area contributed by atoms with E-state index in [1.165, 1.54) is 6.92 Å². The van der Waals surface area contributed by atoms with E-state index in [-0.39, 0.29) is 19.3 Å². The van der Waals surface area contributed by atoms with Crippen molar-refractivity contribution < 1.29 is 31.1 Å². The van der Waals surface area contributed by atoms with Crippen LogP contribution >= 0.6 is 0 Å². The van der Waals surface area contributed by atoms with Gasteiger partial charge in [-0.3, -0.25) is 4.74 Å². The first-order chi connectivity index (χ1) is 9.58. The van der Waals surface area contributed by atoms with Crippen LogP contribution in [0.5, 0.6) is 0 Å². The van der Waals surface area contributed by atoms with Gasteiger partial charge in [0.25, 0.3) is 0 Å². The number of epoxide rings is 1. The molecule has 0 aliphatic carbocycles. The van der Waals surface area contributed by atoms with E-state index in [0.29, 0.717) is 0 Å². The molecule has 0 saturated carbocycles. The molecule has 1 fully saturated rings. The molecule has 1 aliphatic rings. The van der Waals surface area contributed by atoms with Gasteiger partial charge in [0.1, 0.15) is 0 Å². The highest BCUT2D eigenvalue weighted by molar-refractivity contribution is 5.21. The van der Waals surface area contributed by atoms with Crippen molar-refractivity contribution in [2.75, 3.05) is 0 Å². The van der Waals surface area contributed by atoms with E-state index in [4.69, 9.17) is 0 Å². The molecule has 1 rings (SSSR count). The minimum absolute atomic E-state index is 0.159. The molecule has 0 amide bonds. The third-order valence-corrected chi connectivity index (χ3v) is 4.92. The molecule has 0 radical (unpaired) electrons. The van der Waals surface area contributed by atoms with Crippen LogP contribution in [0.2, 0.25) is 0 Å². The van der Waals surface area contributed by atoms with Crippen LogP contribution in [0.15, 0.2) is 0 Å². The van der Waals surface area contributed by atoms with E-state index in [0.717, 1.165) is 27.7 Å². The van der Waals surface area contributed by atoms with Gasteiger partial charge >= 0.3 is 23.6 Å². The van der Waals surface area contributed by atoms with Gasteiger partial charge in [0, 0.05) is 10.8 Å². The number of halogens is 6. The Morgan fingerprint density at radius 1 is 0.773 bits per heavy atom. The average molecular weight is 334 g/mol. The van der Waals surface area contributed by atoms with E-state index in [1.54, 1.807) is 6.92 Å². The largest absolute Gasteiger partial charge is 0.342 e. The van der Waals surface area contributed by atoms with Crippen molar-refractivity contribution in [3.8, 4) is 0 Å². The summed E-state index contributed by atoms with van der Waals surface area (Å²) in [5, 5.41) is 0. The second-order valence-corrected chi connectivity index (χ2v) is 7.31. The molecule has 0 aromatic carbocycles. The zero-order chi connectivity index (χ0) is 17.8. The van der Waals surface area contributed by atoms with Crippen molar-refractivity contribution >= 4 is 0 Å². The summed E-state index contributed by atoms with van der Waals surface area (Å²) in [6, 6.07) is 0. The maximum absolute atomic E-state index is 14.5. The van der Waals surface area contributed by atoms with E-state index in [2.05, 4.69) is 4.74 Å². The van der Waals surface area contributed by atoms with Gasteiger partial charge in [0.15, 0.2) is 0 Å². The van der Waals surface area contributed by atoms with Gasteiger partial charge in [0.2, 0.25) is 0 Å². The molecule has 132 valence electrons. The fourth-order valence-electron chi connectivity index (χ4n) is 2.57. The van der Waals surface area contributed by atoms with Gasteiger partial charge in [0.05, 0.1) is 0 Å². The van der Waals surface area contributed by atoms with E-state index >= 15 is 0 Å². The Hall–Kier alpha value is -0.460. The summed E-state index contributed by atoms with van der Waals surface area (Å²) in [6.45, 7) is 6.95. The highest BCUT2D eigenvalue weighted by Crippen LogP contribution is 2.71. The Balaban J connectivity index is 3.25. The first-order valence-corrected chi connectivity index (χ1v) is 7.41. The monoisotopic (exact) mass is 334 g/mol. The van der Waals surface area contributed by atoms with Crippen LogP contribution in [-0.4, -0.2) is 23.6 Å². The number of hydrogen-bond donors (Lipinski definition) is 0. The zero-order valence-corrected chi connectivity index (χ0v) is 13.8. The second-order valence-electron chi connectivity index (χ2n) is 7.31. The van der Waals surface area contributed by atoms with Gasteiger partial charge in [-0.1, -0.05) is 48.0 Å². The predicted octanol–water partition coefficient (Wildman–Crippen LogP) is 5.88. The topological polar surface area (TPSA) is 12.5 Å². The van der Waals surface area contributed by atoms with Crippen molar-refractivity contribution in [3.05, 3.63) is 0 Å². The number of ether oxygens (including phenoxy) is 1. The quantitative estimate of drug-likeness (QED) is 0.418. The van der Waals surface area contributed by atoms with Crippen molar-refractivity contribution in [1.82, 2.24) is 0 Å². The van der Waals surface area contributed by atoms with Crippen LogP contribution in [0.3, 0.4) is 0 Å². The fourth-order valence-corrected chi connectivity index (χ4v) is 2.57. The van der Waals surface area contributed by atoms with Gasteiger partial charge in [-0.15, -0.1) is 0 Å². The van der Waals surface area contributed by atoms with Crippen molar-refractivity contribution in [2.45, 2.75) is 84.4 Å². The SMILES string of the molecule is CCCC(C)(C)C(F)(F)C1(F)OC1(F)C(F)(F)C(C)(C)CC. The van der Waals surface area contributed by atoms with E-state index < -0.39 is 34.4 Å². The fraction of sp³-hybridized carbons (Fsp3) is 1.00. The van der Waals surface area contributed by atoms with Gasteiger partial charge in [-0.05, 0) is 12.8 Å². The predicted molar refractivity (Wildman–Crippen MR) is 71.4 cm³/mol. The Kier molecular flexibility index (Phi) is 4.47. The van der Waals surface area contributed by atoms with Crippen LogP contribution in [0, 0.1) is 10.8 Å². The van der Waals surface area contributed by atoms with Crippen molar-refractivity contribution in [2.24, 2.45) is 10.8 Å². The highest BCUT2D eigenvalue weighted by Gasteiger charge is 2.96. The zero-order valence-electron chi connectivity index (χ0n) is 13.8. The summed E-state index contributed by atoms with van der Waals surface area (Å²) in [5.41, 5.74) is -4.04. The Bertz CT molecular complexity index is 434. The molecule has 22 heavy (non-hydrogen) atoms. The Morgan fingerprint density at radius 2 is 1.14 bits per heavy atom. The molecular weight excluding hydrogens is 310 g/mol. The first-order valence-electron chi connectivity index (χ1n) is 7.41. The molecule has 1 nitrogen and oxygen atoms in total. The Labute approximate surface area is 127 Å². The van der Waals surface area contributed by atoms with Gasteiger partial charge in [-0.2, -0.15) is 26.3 Å². The maximum Gasteiger partial charge on any atom is 0.342 e. The average Bonchev–Trinajstić information content (AvgIpc) is 2.95. The lowest BCUT2D eigenvalue weighted by atomic mass is 9.74. The van der Waals surface area contributed by atoms with Gasteiger partial charge in [-0.25, -0.2) is 0 Å². The molecule has 0 N–H and O–H groups in total. The summed E-state index contributed by atoms with van der Waals surface area (Å²) in [5.74, 6) is -17.4. The molecule has 2 unspecified atom stereocenters. The van der Waals surface area contributed by atoms with Crippen LogP contribution in [0.1, 0.15) is 60.8 Å². The van der Waals surface area contributed by atoms with Crippen molar-refractivity contribution in [3.63, 3.8) is 0 Å². The Morgan fingerprint density at radius 3 is 1.45 bits per heavy atom. The normalized spacial score (nSPS) is 30.5. The number of alkyl halides is 6. The minimum Gasteiger partial charge on any atom is -0.289 e. The van der Waals surface area contributed by atoms with Crippen LogP contribution in [-0.2, 0) is 4.74 Å². The summed E-state index contributed by atoms with van der Waals surface area (Å²) >= 11 is 0. The van der Waals surface area contributed by atoms with Gasteiger partial charge < -0.3 is 0 Å². The molecule has 0 spiro atoms. The molecule has 1 aliphatic heterocycles. The van der Waals surface area contributed by atoms with Crippen LogP contribution < -0.4 is 0 Å². The summed E-state index contributed by atoms with van der Waals surface area (Å²) in [7, 11) is 0. The molecule has 0 bridgehead atoms. The van der Waals surface area contributed by atoms with E-state index in [9.17, 15) is 26.3 Å². The first kappa shape index (κ1) is 19.6. The van der Waals surface area contributed by atoms with E-state index in [1.807, 2.05) is 0 Å². The minimum atomic E-state index is -4.39. The lowest BCUT2D eigenvalue weighted by Crippen LogP contribution is -2.56. The smallest absolute Gasteiger partial charge is 0.289 e. The summed E-state index contributed by atoms with van der Waals surface area (Å²) in [4.78, 5) is 0. The maximum atomic E-state index is 14.5. The molecule has 2 atom stereocenters. The molecule has 1 saturated heterocycles. The lowest BCUT2D eigenvalue weighted by Gasteiger charge is -2.38. The second kappa shape index (κ2) is 5.02. The van der Waals surface area contributed by atoms with Crippen LogP contribution in [0.4, 0.5) is 26.3 Å². The number of rotatable bonds is 7. The summed E-state index contributed by atoms with van der Waals surface area (Å²) in [6.07, 6.45) is -0.113. The third kappa shape index (κ3) is 2.18. The standard InChI is InChI=1S/C15H24F6O/c1-7-9-11(5,6)13(18,19)15(21)14(20,22-15)12(16,17)10(3,4)8-2/h7-9H2,1-6H3. The summed E-state index contributed by atoms with van der Waals surface area (Å²) < 4.78 is 90.1. The lowest BCUT2D eigenvalue weighted by molar-refractivity contribution is -0.235. The van der Waals surface area contributed by atoms with Crippen LogP contribution in [0.25, 0.3) is 0 Å². The molecule has 0 aromatic heterocycles. The third-order valence-electron chi connectivity index (χ3n) is 4.92. The molecular formula is C15H24F6O. The molecule has 1 heterocycles.